The summed E-state index contributed by atoms with van der Waals surface area (Å²) in [6, 6.07) is 11.6. The largest absolute Gasteiger partial charge is 0.497 e. The Kier molecular flexibility index (Phi) is 7.23. The van der Waals surface area contributed by atoms with E-state index in [9.17, 15) is 14.7 Å². The van der Waals surface area contributed by atoms with Gasteiger partial charge in [0.2, 0.25) is 0 Å². The van der Waals surface area contributed by atoms with Crippen molar-refractivity contribution >= 4 is 23.3 Å². The van der Waals surface area contributed by atoms with Crippen molar-refractivity contribution in [2.45, 2.75) is 26.7 Å². The van der Waals surface area contributed by atoms with Crippen LogP contribution in [0.5, 0.6) is 5.75 Å². The van der Waals surface area contributed by atoms with Crippen LogP contribution < -0.4 is 15.0 Å². The minimum atomic E-state index is -1.03. The van der Waals surface area contributed by atoms with Gasteiger partial charge in [-0.15, -0.1) is 0 Å². The number of anilines is 2. The number of hydrogen-bond acceptors (Lipinski definition) is 4. The van der Waals surface area contributed by atoms with Crippen molar-refractivity contribution in [1.82, 2.24) is 0 Å². The molecule has 2 aromatic carbocycles. The zero-order chi connectivity index (χ0) is 19.8. The molecule has 0 bridgehead atoms. The quantitative estimate of drug-likeness (QED) is 0.689. The third kappa shape index (κ3) is 5.23. The number of amides is 1. The van der Waals surface area contributed by atoms with Gasteiger partial charge >= 0.3 is 5.97 Å². The molecule has 6 nitrogen and oxygen atoms in total. The number of rotatable bonds is 9. The molecule has 2 aromatic rings. The minimum absolute atomic E-state index is 0.135. The number of unbranched alkanes of at least 4 members (excludes halogenated alkanes) is 1. The Morgan fingerprint density at radius 1 is 1.07 bits per heavy atom. The standard InChI is InChI=1S/C21H26N2O4/c1-4-6-13-23(5-2)19-12-9-16(21(25)26)14-18(19)22-20(24)15-7-10-17(27-3)11-8-15/h7-12,14H,4-6,13H2,1-3H3,(H,22,24)(H,25,26). The van der Waals surface area contributed by atoms with Crippen molar-refractivity contribution in [3.63, 3.8) is 0 Å². The smallest absolute Gasteiger partial charge is 0.335 e. The Labute approximate surface area is 159 Å². The molecule has 2 rings (SSSR count). The van der Waals surface area contributed by atoms with E-state index in [0.29, 0.717) is 17.0 Å². The van der Waals surface area contributed by atoms with Crippen LogP contribution in [0, 0.1) is 0 Å². The molecule has 1 amide bonds. The molecule has 0 aromatic heterocycles. The molecule has 0 atom stereocenters. The molecule has 0 aliphatic heterocycles. The molecule has 2 N–H and O–H groups in total. The fourth-order valence-corrected chi connectivity index (χ4v) is 2.78. The van der Waals surface area contributed by atoms with Crippen molar-refractivity contribution in [3.05, 3.63) is 53.6 Å². The lowest BCUT2D eigenvalue weighted by atomic mass is 10.1. The molecular weight excluding hydrogens is 344 g/mol. The van der Waals surface area contributed by atoms with E-state index < -0.39 is 5.97 Å². The topological polar surface area (TPSA) is 78.9 Å². The Balaban J connectivity index is 2.34. The molecule has 0 aliphatic rings. The summed E-state index contributed by atoms with van der Waals surface area (Å²) in [6.07, 6.45) is 2.07. The van der Waals surface area contributed by atoms with Crippen molar-refractivity contribution < 1.29 is 19.4 Å². The van der Waals surface area contributed by atoms with Gasteiger partial charge in [0.15, 0.2) is 0 Å². The summed E-state index contributed by atoms with van der Waals surface area (Å²) in [7, 11) is 1.56. The van der Waals surface area contributed by atoms with Crippen LogP contribution in [0.25, 0.3) is 0 Å². The van der Waals surface area contributed by atoms with Gasteiger partial charge in [-0.3, -0.25) is 4.79 Å². The zero-order valence-electron chi connectivity index (χ0n) is 16.0. The summed E-state index contributed by atoms with van der Waals surface area (Å²) in [5, 5.41) is 12.2. The van der Waals surface area contributed by atoms with Gasteiger partial charge in [-0.1, -0.05) is 13.3 Å². The van der Waals surface area contributed by atoms with E-state index in [-0.39, 0.29) is 11.5 Å². The predicted molar refractivity (Wildman–Crippen MR) is 107 cm³/mol. The SMILES string of the molecule is CCCCN(CC)c1ccc(C(=O)O)cc1NC(=O)c1ccc(OC)cc1. The molecular formula is C21H26N2O4. The van der Waals surface area contributed by atoms with Crippen molar-refractivity contribution in [2.24, 2.45) is 0 Å². The summed E-state index contributed by atoms with van der Waals surface area (Å²) in [5.41, 5.74) is 1.92. The first-order chi connectivity index (χ1) is 13.0. The van der Waals surface area contributed by atoms with Gasteiger partial charge in [0, 0.05) is 18.7 Å². The van der Waals surface area contributed by atoms with Crippen LogP contribution in [0.4, 0.5) is 11.4 Å². The molecule has 0 radical (unpaired) electrons. The fraction of sp³-hybridized carbons (Fsp3) is 0.333. The maximum absolute atomic E-state index is 12.7. The number of methoxy groups -OCH3 is 1. The summed E-state index contributed by atoms with van der Waals surface area (Å²) in [4.78, 5) is 26.2. The summed E-state index contributed by atoms with van der Waals surface area (Å²) in [5.74, 6) is -0.664. The van der Waals surface area contributed by atoms with E-state index >= 15 is 0 Å². The molecule has 0 fully saturated rings. The third-order valence-electron chi connectivity index (χ3n) is 4.35. The number of carboxylic acid groups (broad SMARTS) is 1. The normalized spacial score (nSPS) is 10.3. The number of nitrogens with zero attached hydrogens (tertiary/aromatic N) is 1. The first kappa shape index (κ1) is 20.3. The number of nitrogens with one attached hydrogen (secondary N) is 1. The fourth-order valence-electron chi connectivity index (χ4n) is 2.78. The van der Waals surface area contributed by atoms with Gasteiger partial charge in [0.25, 0.3) is 5.91 Å². The van der Waals surface area contributed by atoms with Gasteiger partial charge in [0.1, 0.15) is 5.75 Å². The monoisotopic (exact) mass is 370 g/mol. The molecule has 6 heteroatoms. The molecule has 0 saturated carbocycles. The lowest BCUT2D eigenvalue weighted by Crippen LogP contribution is -2.26. The highest BCUT2D eigenvalue weighted by atomic mass is 16.5. The van der Waals surface area contributed by atoms with E-state index in [0.717, 1.165) is 31.6 Å². The minimum Gasteiger partial charge on any atom is -0.497 e. The average molecular weight is 370 g/mol. The predicted octanol–water partition coefficient (Wildman–Crippen LogP) is 4.27. The third-order valence-corrected chi connectivity index (χ3v) is 4.35. The number of benzene rings is 2. The molecule has 27 heavy (non-hydrogen) atoms. The Hall–Kier alpha value is -3.02. The highest BCUT2D eigenvalue weighted by molar-refractivity contribution is 6.06. The lowest BCUT2D eigenvalue weighted by Gasteiger charge is -2.26. The molecule has 0 unspecified atom stereocenters. The molecule has 0 saturated heterocycles. The van der Waals surface area contributed by atoms with Crippen LogP contribution in [-0.4, -0.2) is 37.2 Å². The second-order valence-corrected chi connectivity index (χ2v) is 6.15. The number of aromatic carboxylic acids is 1. The van der Waals surface area contributed by atoms with E-state index in [1.807, 2.05) is 6.92 Å². The Morgan fingerprint density at radius 3 is 2.30 bits per heavy atom. The van der Waals surface area contributed by atoms with Crippen LogP contribution in [-0.2, 0) is 0 Å². The van der Waals surface area contributed by atoms with Crippen LogP contribution in [0.3, 0.4) is 0 Å². The summed E-state index contributed by atoms with van der Waals surface area (Å²) < 4.78 is 5.11. The lowest BCUT2D eigenvalue weighted by molar-refractivity contribution is 0.0696. The van der Waals surface area contributed by atoms with E-state index in [4.69, 9.17) is 4.74 Å². The van der Waals surface area contributed by atoms with Crippen molar-refractivity contribution in [3.8, 4) is 5.75 Å². The number of ether oxygens (including phenoxy) is 1. The first-order valence-electron chi connectivity index (χ1n) is 9.07. The van der Waals surface area contributed by atoms with Crippen LogP contribution in [0.15, 0.2) is 42.5 Å². The van der Waals surface area contributed by atoms with Crippen LogP contribution in [0.2, 0.25) is 0 Å². The molecule has 0 heterocycles. The van der Waals surface area contributed by atoms with E-state index in [2.05, 4.69) is 17.1 Å². The number of carbonyl (C=O) groups is 2. The van der Waals surface area contributed by atoms with Gasteiger partial charge in [-0.2, -0.15) is 0 Å². The summed E-state index contributed by atoms with van der Waals surface area (Å²) >= 11 is 0. The maximum atomic E-state index is 12.7. The number of hydrogen-bond donors (Lipinski definition) is 2. The first-order valence-corrected chi connectivity index (χ1v) is 9.07. The summed E-state index contributed by atoms with van der Waals surface area (Å²) in [6.45, 7) is 5.76. The Morgan fingerprint density at radius 2 is 1.74 bits per heavy atom. The van der Waals surface area contributed by atoms with Gasteiger partial charge in [-0.25, -0.2) is 4.79 Å². The van der Waals surface area contributed by atoms with Crippen molar-refractivity contribution in [2.75, 3.05) is 30.4 Å². The molecule has 0 aliphatic carbocycles. The average Bonchev–Trinajstić information content (AvgIpc) is 2.69. The second-order valence-electron chi connectivity index (χ2n) is 6.15. The number of carboxylic acids is 1. The highest BCUT2D eigenvalue weighted by Crippen LogP contribution is 2.28. The van der Waals surface area contributed by atoms with E-state index in [1.54, 1.807) is 43.5 Å². The highest BCUT2D eigenvalue weighted by Gasteiger charge is 2.16. The molecule has 144 valence electrons. The van der Waals surface area contributed by atoms with E-state index in [1.165, 1.54) is 6.07 Å². The van der Waals surface area contributed by atoms with Crippen LogP contribution in [0.1, 0.15) is 47.4 Å². The van der Waals surface area contributed by atoms with Gasteiger partial charge in [0.05, 0.1) is 24.0 Å². The molecule has 0 spiro atoms. The van der Waals surface area contributed by atoms with Crippen molar-refractivity contribution in [1.29, 1.82) is 0 Å². The number of carbonyl (C=O) groups excluding carboxylic acids is 1. The van der Waals surface area contributed by atoms with Gasteiger partial charge < -0.3 is 20.1 Å². The second kappa shape index (κ2) is 9.62. The maximum Gasteiger partial charge on any atom is 0.335 e. The van der Waals surface area contributed by atoms with Crippen LogP contribution >= 0.6 is 0 Å². The van der Waals surface area contributed by atoms with Gasteiger partial charge in [-0.05, 0) is 55.8 Å². The Bertz CT molecular complexity index is 787. The zero-order valence-corrected chi connectivity index (χ0v) is 16.0.